The molecule has 0 aromatic carbocycles. The first-order valence-corrected chi connectivity index (χ1v) is 7.08. The van der Waals surface area contributed by atoms with Gasteiger partial charge in [-0.25, -0.2) is 0 Å². The number of hydrogen-bond acceptors (Lipinski definition) is 4. The van der Waals surface area contributed by atoms with Crippen LogP contribution in [-0.4, -0.2) is 68.3 Å². The number of rotatable bonds is 4. The summed E-state index contributed by atoms with van der Waals surface area (Å²) in [5.41, 5.74) is 5.72. The Morgan fingerprint density at radius 1 is 1.18 bits per heavy atom. The highest BCUT2D eigenvalue weighted by molar-refractivity contribution is 4.78. The largest absolute Gasteiger partial charge is 0.374 e. The third kappa shape index (κ3) is 3.91. The van der Waals surface area contributed by atoms with Crippen molar-refractivity contribution in [3.05, 3.63) is 0 Å². The van der Waals surface area contributed by atoms with Crippen LogP contribution in [-0.2, 0) is 4.74 Å². The fourth-order valence-electron chi connectivity index (χ4n) is 2.87. The zero-order chi connectivity index (χ0) is 12.1. The van der Waals surface area contributed by atoms with Crippen LogP contribution in [0.15, 0.2) is 0 Å². The lowest BCUT2D eigenvalue weighted by molar-refractivity contribution is -0.0451. The molecule has 17 heavy (non-hydrogen) atoms. The average Bonchev–Trinajstić information content (AvgIpc) is 2.40. The molecule has 2 N–H and O–H groups in total. The Balaban J connectivity index is 1.70. The van der Waals surface area contributed by atoms with Gasteiger partial charge in [-0.15, -0.1) is 0 Å². The molecule has 0 spiro atoms. The molecule has 1 atom stereocenters. The van der Waals surface area contributed by atoms with Gasteiger partial charge in [-0.2, -0.15) is 0 Å². The quantitative estimate of drug-likeness (QED) is 0.772. The lowest BCUT2D eigenvalue weighted by Gasteiger charge is -2.37. The second kappa shape index (κ2) is 6.69. The van der Waals surface area contributed by atoms with E-state index in [-0.39, 0.29) is 0 Å². The molecule has 4 nitrogen and oxygen atoms in total. The van der Waals surface area contributed by atoms with Gasteiger partial charge in [-0.1, -0.05) is 6.92 Å². The SMILES string of the molecule is CCN1CCOC(CN2CCC(CN)CC2)C1. The van der Waals surface area contributed by atoms with Crippen LogP contribution in [0.5, 0.6) is 0 Å². The van der Waals surface area contributed by atoms with Crippen molar-refractivity contribution in [2.75, 3.05) is 52.4 Å². The van der Waals surface area contributed by atoms with Crippen molar-refractivity contribution in [2.45, 2.75) is 25.9 Å². The number of ether oxygens (including phenoxy) is 1. The van der Waals surface area contributed by atoms with Crippen LogP contribution in [0.25, 0.3) is 0 Å². The maximum absolute atomic E-state index is 5.86. The lowest BCUT2D eigenvalue weighted by atomic mass is 9.97. The van der Waals surface area contributed by atoms with E-state index >= 15 is 0 Å². The Morgan fingerprint density at radius 3 is 2.59 bits per heavy atom. The van der Waals surface area contributed by atoms with Crippen molar-refractivity contribution < 1.29 is 4.74 Å². The molecular formula is C13H27N3O. The van der Waals surface area contributed by atoms with Gasteiger partial charge in [0.25, 0.3) is 0 Å². The van der Waals surface area contributed by atoms with E-state index in [1.165, 1.54) is 25.9 Å². The maximum Gasteiger partial charge on any atom is 0.0829 e. The number of piperidine rings is 1. The predicted octanol–water partition coefficient (Wildman–Crippen LogP) is 0.378. The standard InChI is InChI=1S/C13H27N3O/c1-2-15-7-8-17-13(10-15)11-16-5-3-12(9-14)4-6-16/h12-13H,2-11,14H2,1H3. The number of nitrogens with zero attached hydrogens (tertiary/aromatic N) is 2. The Hall–Kier alpha value is -0.160. The number of morpholine rings is 1. The second-order valence-electron chi connectivity index (χ2n) is 5.37. The zero-order valence-corrected chi connectivity index (χ0v) is 11.1. The van der Waals surface area contributed by atoms with Crippen molar-refractivity contribution in [1.82, 2.24) is 9.80 Å². The molecule has 2 fully saturated rings. The van der Waals surface area contributed by atoms with Crippen LogP contribution in [0.3, 0.4) is 0 Å². The third-order valence-electron chi connectivity index (χ3n) is 4.17. The van der Waals surface area contributed by atoms with E-state index in [1.807, 2.05) is 0 Å². The van der Waals surface area contributed by atoms with E-state index in [4.69, 9.17) is 10.5 Å². The summed E-state index contributed by atoms with van der Waals surface area (Å²) in [7, 11) is 0. The van der Waals surface area contributed by atoms with Crippen LogP contribution < -0.4 is 5.73 Å². The highest BCUT2D eigenvalue weighted by Gasteiger charge is 2.24. The van der Waals surface area contributed by atoms with Crippen LogP contribution in [0.4, 0.5) is 0 Å². The van der Waals surface area contributed by atoms with E-state index in [1.54, 1.807) is 0 Å². The van der Waals surface area contributed by atoms with Crippen LogP contribution in [0.2, 0.25) is 0 Å². The van der Waals surface area contributed by atoms with E-state index < -0.39 is 0 Å². The van der Waals surface area contributed by atoms with Gasteiger partial charge in [0.05, 0.1) is 12.7 Å². The Kier molecular flexibility index (Phi) is 5.22. The van der Waals surface area contributed by atoms with Gasteiger partial charge in [0.2, 0.25) is 0 Å². The molecule has 2 saturated heterocycles. The molecule has 0 aliphatic carbocycles. The summed E-state index contributed by atoms with van der Waals surface area (Å²) in [6.45, 7) is 10.9. The number of hydrogen-bond donors (Lipinski definition) is 1. The molecule has 0 aromatic heterocycles. The third-order valence-corrected chi connectivity index (χ3v) is 4.17. The van der Waals surface area contributed by atoms with Gasteiger partial charge in [0.1, 0.15) is 0 Å². The van der Waals surface area contributed by atoms with Crippen molar-refractivity contribution in [1.29, 1.82) is 0 Å². The molecule has 100 valence electrons. The molecular weight excluding hydrogens is 214 g/mol. The van der Waals surface area contributed by atoms with Gasteiger partial charge in [-0.05, 0) is 44.9 Å². The summed E-state index contributed by atoms with van der Waals surface area (Å²) in [4.78, 5) is 5.04. The smallest absolute Gasteiger partial charge is 0.0829 e. The van der Waals surface area contributed by atoms with Gasteiger partial charge < -0.3 is 15.4 Å². The molecule has 4 heteroatoms. The van der Waals surface area contributed by atoms with Gasteiger partial charge >= 0.3 is 0 Å². The lowest BCUT2D eigenvalue weighted by Crippen LogP contribution is -2.49. The van der Waals surface area contributed by atoms with Crippen molar-refractivity contribution >= 4 is 0 Å². The summed E-state index contributed by atoms with van der Waals surface area (Å²) in [6, 6.07) is 0. The monoisotopic (exact) mass is 241 g/mol. The van der Waals surface area contributed by atoms with Crippen LogP contribution in [0, 0.1) is 5.92 Å². The normalized spacial score (nSPS) is 29.6. The molecule has 0 saturated carbocycles. The highest BCUT2D eigenvalue weighted by atomic mass is 16.5. The molecule has 2 aliphatic heterocycles. The van der Waals surface area contributed by atoms with Crippen LogP contribution in [0.1, 0.15) is 19.8 Å². The zero-order valence-electron chi connectivity index (χ0n) is 11.1. The van der Waals surface area contributed by atoms with Crippen molar-refractivity contribution in [3.63, 3.8) is 0 Å². The topological polar surface area (TPSA) is 41.7 Å². The Morgan fingerprint density at radius 2 is 1.94 bits per heavy atom. The number of likely N-dealkylation sites (tertiary alicyclic amines) is 1. The molecule has 2 aliphatic rings. The van der Waals surface area contributed by atoms with E-state index in [2.05, 4.69) is 16.7 Å². The summed E-state index contributed by atoms with van der Waals surface area (Å²) in [5.74, 6) is 0.755. The van der Waals surface area contributed by atoms with Crippen molar-refractivity contribution in [3.8, 4) is 0 Å². The van der Waals surface area contributed by atoms with Gasteiger partial charge in [-0.3, -0.25) is 4.90 Å². The summed E-state index contributed by atoms with van der Waals surface area (Å²) < 4.78 is 5.86. The summed E-state index contributed by atoms with van der Waals surface area (Å²) >= 11 is 0. The van der Waals surface area contributed by atoms with E-state index in [9.17, 15) is 0 Å². The Bertz CT molecular complexity index is 217. The second-order valence-corrected chi connectivity index (χ2v) is 5.37. The first-order valence-electron chi connectivity index (χ1n) is 7.08. The van der Waals surface area contributed by atoms with E-state index in [0.29, 0.717) is 6.10 Å². The minimum absolute atomic E-state index is 0.415. The fourth-order valence-corrected chi connectivity index (χ4v) is 2.87. The first kappa shape index (κ1) is 13.3. The molecule has 0 amide bonds. The summed E-state index contributed by atoms with van der Waals surface area (Å²) in [5, 5.41) is 0. The Labute approximate surface area is 105 Å². The van der Waals surface area contributed by atoms with Gasteiger partial charge in [0, 0.05) is 19.6 Å². The maximum atomic E-state index is 5.86. The molecule has 0 bridgehead atoms. The molecule has 2 heterocycles. The predicted molar refractivity (Wildman–Crippen MR) is 70.1 cm³/mol. The molecule has 1 unspecified atom stereocenters. The molecule has 2 rings (SSSR count). The number of nitrogens with two attached hydrogens (primary N) is 1. The minimum atomic E-state index is 0.415. The fraction of sp³-hybridized carbons (Fsp3) is 1.00. The van der Waals surface area contributed by atoms with Crippen molar-refractivity contribution in [2.24, 2.45) is 11.7 Å². The molecule has 0 radical (unpaired) electrons. The highest BCUT2D eigenvalue weighted by Crippen LogP contribution is 2.17. The first-order chi connectivity index (χ1) is 8.31. The van der Waals surface area contributed by atoms with Crippen LogP contribution >= 0.6 is 0 Å². The summed E-state index contributed by atoms with van der Waals surface area (Å²) in [6.07, 6.45) is 2.94. The van der Waals surface area contributed by atoms with Gasteiger partial charge in [0.15, 0.2) is 0 Å². The van der Waals surface area contributed by atoms with E-state index in [0.717, 1.165) is 45.2 Å². The average molecular weight is 241 g/mol. The minimum Gasteiger partial charge on any atom is -0.374 e. The molecule has 0 aromatic rings. The number of likely N-dealkylation sites (N-methyl/N-ethyl adjacent to an activating group) is 1.